The molecule has 0 aliphatic heterocycles. The summed E-state index contributed by atoms with van der Waals surface area (Å²) in [5.74, 6) is 0.0717. The van der Waals surface area contributed by atoms with E-state index in [1.807, 2.05) is 20.8 Å². The molecular weight excluding hydrogens is 140 g/mol. The molecular formula is C9H18O2. The van der Waals surface area contributed by atoms with Crippen LogP contribution in [0, 0.1) is 5.92 Å². The topological polar surface area (TPSA) is 37.3 Å². The van der Waals surface area contributed by atoms with Gasteiger partial charge in [-0.3, -0.25) is 4.79 Å². The van der Waals surface area contributed by atoms with Crippen LogP contribution in [-0.2, 0) is 4.79 Å². The smallest absolute Gasteiger partial charge is 0.164 e. The van der Waals surface area contributed by atoms with Gasteiger partial charge in [0.05, 0.1) is 0 Å². The predicted octanol–water partition coefficient (Wildman–Crippen LogP) is 1.76. The second-order valence-electron chi connectivity index (χ2n) is 2.84. The Morgan fingerprint density at radius 1 is 1.18 bits per heavy atom. The largest absolute Gasteiger partial charge is 0.385 e. The molecule has 0 radical (unpaired) electrons. The first-order chi connectivity index (χ1) is 5.17. The van der Waals surface area contributed by atoms with Crippen molar-refractivity contribution in [2.75, 3.05) is 0 Å². The van der Waals surface area contributed by atoms with Gasteiger partial charge in [0.1, 0.15) is 6.10 Å². The summed E-state index contributed by atoms with van der Waals surface area (Å²) < 4.78 is 0. The molecule has 1 N–H and O–H groups in total. The first-order valence-electron chi connectivity index (χ1n) is 4.39. The summed E-state index contributed by atoms with van der Waals surface area (Å²) in [6, 6.07) is 0. The fraction of sp³-hybridized carbons (Fsp3) is 0.889. The summed E-state index contributed by atoms with van der Waals surface area (Å²) in [5.41, 5.74) is 0. The molecule has 0 aromatic rings. The van der Waals surface area contributed by atoms with Gasteiger partial charge in [0.25, 0.3) is 0 Å². The van der Waals surface area contributed by atoms with Crippen molar-refractivity contribution < 1.29 is 9.90 Å². The minimum Gasteiger partial charge on any atom is -0.385 e. The van der Waals surface area contributed by atoms with E-state index in [0.29, 0.717) is 6.42 Å². The first-order valence-corrected chi connectivity index (χ1v) is 4.39. The highest BCUT2D eigenvalue weighted by Gasteiger charge is 2.20. The van der Waals surface area contributed by atoms with Crippen LogP contribution in [0.2, 0.25) is 0 Å². The Bertz CT molecular complexity index is 117. The van der Waals surface area contributed by atoms with E-state index in [9.17, 15) is 9.90 Å². The van der Waals surface area contributed by atoms with Crippen molar-refractivity contribution in [3.05, 3.63) is 0 Å². The van der Waals surface area contributed by atoms with Crippen LogP contribution >= 0.6 is 0 Å². The Kier molecular flexibility index (Phi) is 5.12. The third-order valence-electron chi connectivity index (χ3n) is 2.10. The molecule has 0 amide bonds. The third-order valence-corrected chi connectivity index (χ3v) is 2.10. The number of aliphatic hydroxyl groups is 1. The highest BCUT2D eigenvalue weighted by molar-refractivity contribution is 5.84. The molecule has 66 valence electrons. The lowest BCUT2D eigenvalue weighted by Crippen LogP contribution is -2.26. The van der Waals surface area contributed by atoms with Gasteiger partial charge in [-0.15, -0.1) is 0 Å². The lowest BCUT2D eigenvalue weighted by molar-refractivity contribution is -0.131. The SMILES string of the molecule is CCC(O)C(=O)C(CC)CC. The zero-order valence-corrected chi connectivity index (χ0v) is 7.63. The van der Waals surface area contributed by atoms with Crippen molar-refractivity contribution in [1.82, 2.24) is 0 Å². The molecule has 1 unspecified atom stereocenters. The molecule has 1 atom stereocenters. The molecule has 0 aromatic heterocycles. The molecule has 0 spiro atoms. The molecule has 0 heterocycles. The van der Waals surface area contributed by atoms with E-state index in [2.05, 4.69) is 0 Å². The van der Waals surface area contributed by atoms with E-state index < -0.39 is 6.10 Å². The summed E-state index contributed by atoms with van der Waals surface area (Å²) in [4.78, 5) is 11.3. The maximum atomic E-state index is 11.3. The molecule has 0 bridgehead atoms. The Morgan fingerprint density at radius 3 is 1.91 bits per heavy atom. The lowest BCUT2D eigenvalue weighted by atomic mass is 9.94. The van der Waals surface area contributed by atoms with Crippen LogP contribution in [0.4, 0.5) is 0 Å². The fourth-order valence-corrected chi connectivity index (χ4v) is 1.16. The Morgan fingerprint density at radius 2 is 1.64 bits per heavy atom. The second kappa shape index (κ2) is 5.30. The zero-order valence-electron chi connectivity index (χ0n) is 7.63. The van der Waals surface area contributed by atoms with Gasteiger partial charge in [-0.1, -0.05) is 20.8 Å². The van der Waals surface area contributed by atoms with Crippen molar-refractivity contribution >= 4 is 5.78 Å². The van der Waals surface area contributed by atoms with Crippen molar-refractivity contribution in [2.45, 2.75) is 46.1 Å². The maximum Gasteiger partial charge on any atom is 0.164 e. The Balaban J connectivity index is 3.97. The quantitative estimate of drug-likeness (QED) is 0.662. The van der Waals surface area contributed by atoms with Crippen LogP contribution in [0.5, 0.6) is 0 Å². The van der Waals surface area contributed by atoms with Crippen LogP contribution in [0.1, 0.15) is 40.0 Å². The summed E-state index contributed by atoms with van der Waals surface area (Å²) in [6.07, 6.45) is 1.48. The van der Waals surface area contributed by atoms with Crippen molar-refractivity contribution in [3.63, 3.8) is 0 Å². The fourth-order valence-electron chi connectivity index (χ4n) is 1.16. The highest BCUT2D eigenvalue weighted by atomic mass is 16.3. The average Bonchev–Trinajstić information content (AvgIpc) is 2.05. The summed E-state index contributed by atoms with van der Waals surface area (Å²) in [5, 5.41) is 9.21. The van der Waals surface area contributed by atoms with Crippen molar-refractivity contribution in [2.24, 2.45) is 5.92 Å². The minimum absolute atomic E-state index is 0.0116. The minimum atomic E-state index is -0.736. The molecule has 2 heteroatoms. The van der Waals surface area contributed by atoms with E-state index in [0.717, 1.165) is 12.8 Å². The lowest BCUT2D eigenvalue weighted by Gasteiger charge is -2.14. The molecule has 11 heavy (non-hydrogen) atoms. The van der Waals surface area contributed by atoms with Gasteiger partial charge in [-0.25, -0.2) is 0 Å². The van der Waals surface area contributed by atoms with Gasteiger partial charge < -0.3 is 5.11 Å². The third kappa shape index (κ3) is 3.02. The first kappa shape index (κ1) is 10.6. The Labute approximate surface area is 68.6 Å². The molecule has 0 fully saturated rings. The van der Waals surface area contributed by atoms with Crippen molar-refractivity contribution in [1.29, 1.82) is 0 Å². The second-order valence-corrected chi connectivity index (χ2v) is 2.84. The maximum absolute atomic E-state index is 11.3. The standard InChI is InChI=1S/C9H18O2/c1-4-7(5-2)9(11)8(10)6-3/h7-8,10H,4-6H2,1-3H3. The summed E-state index contributed by atoms with van der Waals surface area (Å²) in [7, 11) is 0. The van der Waals surface area contributed by atoms with Gasteiger partial charge in [0, 0.05) is 5.92 Å². The van der Waals surface area contributed by atoms with Gasteiger partial charge >= 0.3 is 0 Å². The van der Waals surface area contributed by atoms with Crippen LogP contribution in [0.15, 0.2) is 0 Å². The molecule has 0 aliphatic rings. The van der Waals surface area contributed by atoms with E-state index in [1.165, 1.54) is 0 Å². The van der Waals surface area contributed by atoms with E-state index in [4.69, 9.17) is 0 Å². The van der Waals surface area contributed by atoms with Crippen LogP contribution in [0.3, 0.4) is 0 Å². The number of hydrogen-bond acceptors (Lipinski definition) is 2. The average molecular weight is 158 g/mol. The van der Waals surface area contributed by atoms with E-state index in [1.54, 1.807) is 0 Å². The number of carbonyl (C=O) groups is 1. The number of rotatable bonds is 5. The number of ketones is 1. The van der Waals surface area contributed by atoms with Gasteiger partial charge in [0.15, 0.2) is 5.78 Å². The zero-order chi connectivity index (χ0) is 8.85. The molecule has 0 saturated heterocycles. The molecule has 0 aliphatic carbocycles. The number of Topliss-reactive ketones (excluding diaryl/α,β-unsaturated/α-hetero) is 1. The monoisotopic (exact) mass is 158 g/mol. The van der Waals surface area contributed by atoms with E-state index in [-0.39, 0.29) is 11.7 Å². The van der Waals surface area contributed by atoms with Crippen LogP contribution in [0.25, 0.3) is 0 Å². The molecule has 0 rings (SSSR count). The number of aliphatic hydroxyl groups excluding tert-OH is 1. The van der Waals surface area contributed by atoms with Crippen LogP contribution in [-0.4, -0.2) is 17.0 Å². The van der Waals surface area contributed by atoms with Gasteiger partial charge in [-0.05, 0) is 19.3 Å². The molecule has 2 nitrogen and oxygen atoms in total. The summed E-state index contributed by atoms with van der Waals surface area (Å²) >= 11 is 0. The molecule has 0 aromatic carbocycles. The summed E-state index contributed by atoms with van der Waals surface area (Å²) in [6.45, 7) is 5.79. The number of hydrogen-bond donors (Lipinski definition) is 1. The highest BCUT2D eigenvalue weighted by Crippen LogP contribution is 2.12. The Hall–Kier alpha value is -0.370. The number of carbonyl (C=O) groups excluding carboxylic acids is 1. The normalized spacial score (nSPS) is 13.5. The van der Waals surface area contributed by atoms with Crippen LogP contribution < -0.4 is 0 Å². The van der Waals surface area contributed by atoms with E-state index >= 15 is 0 Å². The molecule has 0 saturated carbocycles. The van der Waals surface area contributed by atoms with Crippen molar-refractivity contribution in [3.8, 4) is 0 Å². The van der Waals surface area contributed by atoms with Gasteiger partial charge in [-0.2, -0.15) is 0 Å². The van der Waals surface area contributed by atoms with Gasteiger partial charge in [0.2, 0.25) is 0 Å². The predicted molar refractivity (Wildman–Crippen MR) is 45.4 cm³/mol.